The van der Waals surface area contributed by atoms with Crippen molar-refractivity contribution in [2.24, 2.45) is 10.4 Å². The number of carbonyl (C=O) groups is 1. The summed E-state index contributed by atoms with van der Waals surface area (Å²) in [5, 5.41) is 12.2. The monoisotopic (exact) mass is 651 g/mol. The number of nitrogens with one attached hydrogen (secondary N) is 1. The average Bonchev–Trinajstić information content (AvgIpc) is 3.24. The second-order valence-corrected chi connectivity index (χ2v) is 12.4. The smallest absolute Gasteiger partial charge is 0.416 e. The van der Waals surface area contributed by atoms with Crippen molar-refractivity contribution in [3.8, 4) is 11.9 Å². The quantitative estimate of drug-likeness (QED) is 0.147. The molecule has 248 valence electrons. The van der Waals surface area contributed by atoms with Gasteiger partial charge in [-0.3, -0.25) is 4.90 Å². The standard InChI is InChI=1S/C32H35F6N5O3/c1-18-27(19-11-21(31(33,34)35)13-22(12-19)32(36,37)38)46-29(44)43(18)16-20-15-30(2,3)10-9-24(20)25-14-23(7-8-26(25)45-6)41-28(40-17-39)42(4)5/h7-8,11-14,18,27H,9-10,15-16H2,1-6H3,(H,40,41)/t18-,27-/m0/s1. The van der Waals surface area contributed by atoms with Crippen LogP contribution in [0.4, 0.5) is 36.8 Å². The number of hydrogen-bond donors (Lipinski definition) is 1. The van der Waals surface area contributed by atoms with Crippen LogP contribution in [0, 0.1) is 16.9 Å². The van der Waals surface area contributed by atoms with E-state index in [1.54, 1.807) is 44.2 Å². The van der Waals surface area contributed by atoms with Crippen molar-refractivity contribution in [2.75, 3.05) is 33.1 Å². The number of ether oxygens (including phenoxy) is 2. The first kappa shape index (κ1) is 34.5. The molecule has 1 fully saturated rings. The number of methoxy groups -OCH3 is 1. The van der Waals surface area contributed by atoms with Gasteiger partial charge in [-0.2, -0.15) is 31.6 Å². The van der Waals surface area contributed by atoms with Gasteiger partial charge in [0.1, 0.15) is 11.9 Å². The summed E-state index contributed by atoms with van der Waals surface area (Å²) in [5.41, 5.74) is -0.396. The van der Waals surface area contributed by atoms with Crippen LogP contribution in [0.3, 0.4) is 0 Å². The number of anilines is 1. The number of carbonyl (C=O) groups excluding carboxylic acids is 1. The number of hydrogen-bond acceptors (Lipinski definition) is 5. The van der Waals surface area contributed by atoms with Crippen LogP contribution < -0.4 is 10.1 Å². The highest BCUT2D eigenvalue weighted by Crippen LogP contribution is 2.47. The van der Waals surface area contributed by atoms with Gasteiger partial charge in [0.2, 0.25) is 12.2 Å². The van der Waals surface area contributed by atoms with Crippen molar-refractivity contribution in [3.63, 3.8) is 0 Å². The molecule has 2 aliphatic rings. The van der Waals surface area contributed by atoms with E-state index >= 15 is 0 Å². The van der Waals surface area contributed by atoms with Crippen molar-refractivity contribution >= 4 is 23.3 Å². The molecular formula is C32H35F6N5O3. The third kappa shape index (κ3) is 7.51. The lowest BCUT2D eigenvalue weighted by Gasteiger charge is -2.36. The van der Waals surface area contributed by atoms with E-state index in [0.29, 0.717) is 42.4 Å². The Balaban J connectivity index is 1.75. The van der Waals surface area contributed by atoms with Gasteiger partial charge in [-0.05, 0) is 84.7 Å². The van der Waals surface area contributed by atoms with Gasteiger partial charge in [0.05, 0.1) is 24.3 Å². The predicted octanol–water partition coefficient (Wildman–Crippen LogP) is 8.09. The number of halogens is 6. The van der Waals surface area contributed by atoms with Crippen molar-refractivity contribution in [2.45, 2.75) is 64.5 Å². The second-order valence-electron chi connectivity index (χ2n) is 12.4. The summed E-state index contributed by atoms with van der Waals surface area (Å²) in [6.07, 6.45) is -8.54. The van der Waals surface area contributed by atoms with Crippen LogP contribution >= 0.6 is 0 Å². The van der Waals surface area contributed by atoms with E-state index in [1.165, 1.54) is 12.0 Å². The van der Waals surface area contributed by atoms with E-state index < -0.39 is 41.7 Å². The SMILES string of the molecule is COc1ccc(NC(=NC#N)N(C)C)cc1C1=C(CN2C(=O)O[C@H](c3cc(C(F)(F)F)cc(C(F)(F)F)c3)[C@@H]2C)CC(C)(C)CC1. The largest absolute Gasteiger partial charge is 0.496 e. The molecule has 0 radical (unpaired) electrons. The molecule has 1 N–H and O–H groups in total. The molecule has 2 aromatic rings. The first-order valence-corrected chi connectivity index (χ1v) is 14.4. The fourth-order valence-corrected chi connectivity index (χ4v) is 5.84. The molecule has 46 heavy (non-hydrogen) atoms. The fraction of sp³-hybridized carbons (Fsp3) is 0.469. The number of rotatable bonds is 6. The van der Waals surface area contributed by atoms with Crippen LogP contribution in [0.15, 0.2) is 47.0 Å². The first-order valence-electron chi connectivity index (χ1n) is 14.4. The zero-order chi connectivity index (χ0) is 34.2. The minimum absolute atomic E-state index is 0.0417. The maximum Gasteiger partial charge on any atom is 0.416 e. The van der Waals surface area contributed by atoms with Crippen LogP contribution in [0.2, 0.25) is 0 Å². The average molecular weight is 652 g/mol. The highest BCUT2D eigenvalue weighted by atomic mass is 19.4. The van der Waals surface area contributed by atoms with Crippen LogP contribution in [0.5, 0.6) is 5.75 Å². The molecule has 4 rings (SSSR count). The summed E-state index contributed by atoms with van der Waals surface area (Å²) >= 11 is 0. The van der Waals surface area contributed by atoms with Crippen molar-refractivity contribution in [1.82, 2.24) is 9.80 Å². The van der Waals surface area contributed by atoms with Crippen molar-refractivity contribution in [1.29, 1.82) is 5.26 Å². The molecule has 0 saturated carbocycles. The third-order valence-electron chi connectivity index (χ3n) is 8.22. The van der Waals surface area contributed by atoms with Crippen LogP contribution in [0.1, 0.15) is 68.4 Å². The highest BCUT2D eigenvalue weighted by Gasteiger charge is 2.44. The molecule has 1 amide bonds. The van der Waals surface area contributed by atoms with Crippen LogP contribution in [-0.4, -0.2) is 55.6 Å². The van der Waals surface area contributed by atoms with Gasteiger partial charge >= 0.3 is 18.4 Å². The Bertz CT molecular complexity index is 1560. The molecule has 2 atom stereocenters. The van der Waals surface area contributed by atoms with Crippen LogP contribution in [0.25, 0.3) is 5.57 Å². The molecule has 1 aliphatic heterocycles. The number of guanidine groups is 1. The maximum atomic E-state index is 13.6. The van der Waals surface area contributed by atoms with Gasteiger partial charge in [-0.15, -0.1) is 4.99 Å². The molecule has 1 heterocycles. The lowest BCUT2D eigenvalue weighted by Crippen LogP contribution is -2.35. The van der Waals surface area contributed by atoms with E-state index in [-0.39, 0.29) is 23.6 Å². The topological polar surface area (TPSA) is 90.2 Å². The molecule has 2 aromatic carbocycles. The van der Waals surface area contributed by atoms with Gasteiger partial charge < -0.3 is 19.7 Å². The Morgan fingerprint density at radius 2 is 1.76 bits per heavy atom. The maximum absolute atomic E-state index is 13.6. The molecule has 0 aromatic heterocycles. The van der Waals surface area contributed by atoms with E-state index in [9.17, 15) is 31.1 Å². The Kier molecular flexibility index (Phi) is 9.57. The van der Waals surface area contributed by atoms with Crippen molar-refractivity contribution in [3.05, 3.63) is 64.2 Å². The minimum Gasteiger partial charge on any atom is -0.496 e. The number of benzene rings is 2. The number of nitrogens with zero attached hydrogens (tertiary/aromatic N) is 4. The predicted molar refractivity (Wildman–Crippen MR) is 160 cm³/mol. The molecular weight excluding hydrogens is 616 g/mol. The molecule has 1 saturated heterocycles. The van der Waals surface area contributed by atoms with E-state index in [0.717, 1.165) is 23.1 Å². The summed E-state index contributed by atoms with van der Waals surface area (Å²) in [6.45, 7) is 5.74. The number of aliphatic imine (C=N–C) groups is 1. The molecule has 14 heteroatoms. The zero-order valence-corrected chi connectivity index (χ0v) is 26.2. The number of allylic oxidation sites excluding steroid dienone is 1. The van der Waals surface area contributed by atoms with Crippen LogP contribution in [-0.2, 0) is 17.1 Å². The highest BCUT2D eigenvalue weighted by molar-refractivity contribution is 5.94. The second kappa shape index (κ2) is 12.8. The lowest BCUT2D eigenvalue weighted by atomic mass is 9.72. The number of nitriles is 1. The minimum atomic E-state index is -5.04. The molecule has 0 bridgehead atoms. The summed E-state index contributed by atoms with van der Waals surface area (Å²) in [7, 11) is 4.98. The number of alkyl halides is 6. The van der Waals surface area contributed by atoms with Gasteiger partial charge in [0.25, 0.3) is 0 Å². The Morgan fingerprint density at radius 1 is 1.13 bits per heavy atom. The molecule has 0 unspecified atom stereocenters. The van der Waals surface area contributed by atoms with Gasteiger partial charge in [-0.1, -0.05) is 13.8 Å². The zero-order valence-electron chi connectivity index (χ0n) is 26.2. The summed E-state index contributed by atoms with van der Waals surface area (Å²) < 4.78 is 92.5. The van der Waals surface area contributed by atoms with E-state index in [2.05, 4.69) is 24.2 Å². The normalized spacial score (nSPS) is 20.4. The lowest BCUT2D eigenvalue weighted by molar-refractivity contribution is -0.143. The Labute approximate surface area is 263 Å². The first-order chi connectivity index (χ1) is 21.3. The molecule has 1 aliphatic carbocycles. The van der Waals surface area contributed by atoms with Gasteiger partial charge in [0, 0.05) is 31.9 Å². The number of amides is 1. The van der Waals surface area contributed by atoms with Crippen molar-refractivity contribution < 1.29 is 40.6 Å². The van der Waals surface area contributed by atoms with E-state index in [4.69, 9.17) is 14.7 Å². The summed E-state index contributed by atoms with van der Waals surface area (Å²) in [5.74, 6) is 0.862. The third-order valence-corrected chi connectivity index (χ3v) is 8.22. The molecule has 8 nitrogen and oxygen atoms in total. The van der Waals surface area contributed by atoms with Gasteiger partial charge in [-0.25, -0.2) is 4.79 Å². The summed E-state index contributed by atoms with van der Waals surface area (Å²) in [6, 6.07) is 5.74. The summed E-state index contributed by atoms with van der Waals surface area (Å²) in [4.78, 5) is 20.0. The Hall–Kier alpha value is -4.41. The fourth-order valence-electron chi connectivity index (χ4n) is 5.84. The Morgan fingerprint density at radius 3 is 2.30 bits per heavy atom. The number of cyclic esters (lactones) is 1. The van der Waals surface area contributed by atoms with E-state index in [1.807, 2.05) is 6.07 Å². The molecule has 0 spiro atoms. The van der Waals surface area contributed by atoms with Gasteiger partial charge in [0.15, 0.2) is 0 Å².